The Morgan fingerprint density at radius 2 is 2.37 bits per heavy atom. The molecule has 1 aliphatic rings. The van der Waals surface area contributed by atoms with Crippen LogP contribution in [0.5, 0.6) is 0 Å². The van der Waals surface area contributed by atoms with E-state index in [1.54, 1.807) is 5.48 Å². The maximum absolute atomic E-state index is 14.2. The van der Waals surface area contributed by atoms with Gasteiger partial charge in [0, 0.05) is 6.20 Å². The molecule has 4 N–H and O–H groups in total. The van der Waals surface area contributed by atoms with Gasteiger partial charge in [-0.3, -0.25) is 15.3 Å². The van der Waals surface area contributed by atoms with Crippen molar-refractivity contribution in [3.05, 3.63) is 22.7 Å². The van der Waals surface area contributed by atoms with Crippen LogP contribution in [0, 0.1) is 0 Å². The molecule has 10 heteroatoms. The van der Waals surface area contributed by atoms with E-state index in [0.29, 0.717) is 4.57 Å². The minimum absolute atomic E-state index is 0.141. The van der Waals surface area contributed by atoms with Crippen LogP contribution in [0.2, 0.25) is 0 Å². The quantitative estimate of drug-likeness (QED) is 0.426. The van der Waals surface area contributed by atoms with Crippen LogP contribution in [0.4, 0.5) is 10.2 Å². The third kappa shape index (κ3) is 2.30. The minimum atomic E-state index is -2.78. The first-order chi connectivity index (χ1) is 8.91. The monoisotopic (exact) mass is 295 g/mol. The van der Waals surface area contributed by atoms with Gasteiger partial charge < -0.3 is 14.9 Å². The van der Waals surface area contributed by atoms with Crippen molar-refractivity contribution < 1.29 is 24.5 Å². The van der Waals surface area contributed by atoms with Gasteiger partial charge in [0.05, 0.1) is 6.61 Å². The normalized spacial score (nSPS) is 34.5. The van der Waals surface area contributed by atoms with Crippen LogP contribution in [-0.4, -0.2) is 48.9 Å². The molecule has 4 atom stereocenters. The first-order valence-corrected chi connectivity index (χ1v) is 5.61. The third-order valence-corrected chi connectivity index (χ3v) is 3.17. The zero-order chi connectivity index (χ0) is 14.2. The number of hydrogen-bond donors (Lipinski definition) is 4. The van der Waals surface area contributed by atoms with Crippen molar-refractivity contribution in [3.63, 3.8) is 0 Å². The fourth-order valence-electron chi connectivity index (χ4n) is 1.77. The number of ether oxygens (including phenoxy) is 1. The van der Waals surface area contributed by atoms with Crippen LogP contribution >= 0.6 is 11.6 Å². The molecule has 1 fully saturated rings. The summed E-state index contributed by atoms with van der Waals surface area (Å²) in [6.07, 6.45) is -3.61. The zero-order valence-corrected chi connectivity index (χ0v) is 10.2. The van der Waals surface area contributed by atoms with Crippen molar-refractivity contribution in [3.8, 4) is 0 Å². The summed E-state index contributed by atoms with van der Waals surface area (Å²) in [6.45, 7) is -0.658. The molecule has 8 nitrogen and oxygen atoms in total. The molecule has 0 radical (unpaired) electrons. The lowest BCUT2D eigenvalue weighted by atomic mass is 10.1. The number of nitrogens with zero attached hydrogens (tertiary/aromatic N) is 2. The smallest absolute Gasteiger partial charge is 0.351 e. The first-order valence-electron chi connectivity index (χ1n) is 5.23. The van der Waals surface area contributed by atoms with Crippen molar-refractivity contribution >= 4 is 17.4 Å². The molecule has 0 saturated carbocycles. The van der Waals surface area contributed by atoms with Crippen molar-refractivity contribution in [1.82, 2.24) is 9.55 Å². The van der Waals surface area contributed by atoms with Crippen LogP contribution in [-0.2, 0) is 4.74 Å². The molecule has 1 aromatic heterocycles. The molecule has 106 valence electrons. The largest absolute Gasteiger partial charge is 0.394 e. The molecule has 1 aromatic rings. The predicted octanol–water partition coefficient (Wildman–Crippen LogP) is -0.800. The maximum atomic E-state index is 14.2. The van der Waals surface area contributed by atoms with Gasteiger partial charge in [0.1, 0.15) is 12.2 Å². The van der Waals surface area contributed by atoms with Crippen molar-refractivity contribution in [2.75, 3.05) is 12.1 Å². The van der Waals surface area contributed by atoms with Gasteiger partial charge in [-0.15, -0.1) is 0 Å². The van der Waals surface area contributed by atoms with Gasteiger partial charge in [0.15, 0.2) is 12.0 Å². The fraction of sp³-hybridized carbons (Fsp3) is 0.556. The predicted molar refractivity (Wildman–Crippen MR) is 60.6 cm³/mol. The van der Waals surface area contributed by atoms with Gasteiger partial charge in [-0.2, -0.15) is 4.98 Å². The van der Waals surface area contributed by atoms with E-state index in [4.69, 9.17) is 26.7 Å². The van der Waals surface area contributed by atoms with Gasteiger partial charge in [-0.05, 0) is 6.07 Å². The highest BCUT2D eigenvalue weighted by atomic mass is 35.5. The number of hydrogen-bond acceptors (Lipinski definition) is 7. The van der Waals surface area contributed by atoms with Crippen LogP contribution < -0.4 is 11.2 Å². The Balaban J connectivity index is 2.39. The second-order valence-electron chi connectivity index (χ2n) is 3.94. The molecule has 0 amide bonds. The molecule has 0 unspecified atom stereocenters. The van der Waals surface area contributed by atoms with Gasteiger partial charge >= 0.3 is 5.69 Å². The summed E-state index contributed by atoms with van der Waals surface area (Å²) in [4.78, 5) is 15.0. The van der Waals surface area contributed by atoms with E-state index in [-0.39, 0.29) is 5.82 Å². The number of anilines is 1. The van der Waals surface area contributed by atoms with Crippen molar-refractivity contribution in [2.45, 2.75) is 23.6 Å². The number of aliphatic hydroxyl groups is 2. The average molecular weight is 296 g/mol. The lowest BCUT2D eigenvalue weighted by Gasteiger charge is -2.22. The summed E-state index contributed by atoms with van der Waals surface area (Å²) in [6, 6.07) is 1.18. The SMILES string of the molecule is O=c1nc(NO)ccn1[C@@H]1O[C@H](CO)[C@@H](O)[C@@]1(F)Cl. The summed E-state index contributed by atoms with van der Waals surface area (Å²) in [5.41, 5.74) is 0.707. The average Bonchev–Trinajstić information content (AvgIpc) is 2.61. The minimum Gasteiger partial charge on any atom is -0.394 e. The van der Waals surface area contributed by atoms with Crippen LogP contribution in [0.15, 0.2) is 17.1 Å². The number of alkyl halides is 2. The lowest BCUT2D eigenvalue weighted by molar-refractivity contribution is -0.0517. The number of aliphatic hydroxyl groups excluding tert-OH is 2. The molecule has 0 bridgehead atoms. The van der Waals surface area contributed by atoms with Crippen molar-refractivity contribution in [2.24, 2.45) is 0 Å². The van der Waals surface area contributed by atoms with Crippen LogP contribution in [0.3, 0.4) is 0 Å². The van der Waals surface area contributed by atoms with E-state index >= 15 is 0 Å². The number of aromatic nitrogens is 2. The Hall–Kier alpha value is -1.26. The van der Waals surface area contributed by atoms with Crippen LogP contribution in [0.1, 0.15) is 6.23 Å². The fourth-order valence-corrected chi connectivity index (χ4v) is 2.07. The molecule has 0 aliphatic carbocycles. The first kappa shape index (κ1) is 14.2. The highest BCUT2D eigenvalue weighted by Gasteiger charge is 2.57. The molecule has 19 heavy (non-hydrogen) atoms. The van der Waals surface area contributed by atoms with Gasteiger partial charge in [-0.1, -0.05) is 11.6 Å². The molecule has 2 rings (SSSR count). The third-order valence-electron chi connectivity index (χ3n) is 2.76. The van der Waals surface area contributed by atoms with Crippen LogP contribution in [0.25, 0.3) is 0 Å². The Morgan fingerprint density at radius 3 is 2.84 bits per heavy atom. The van der Waals surface area contributed by atoms with E-state index in [2.05, 4.69) is 4.98 Å². The Labute approximate surface area is 111 Å². The molecule has 2 heterocycles. The molecule has 1 aliphatic heterocycles. The lowest BCUT2D eigenvalue weighted by Crippen LogP contribution is -2.41. The maximum Gasteiger partial charge on any atom is 0.351 e. The molecule has 0 aromatic carbocycles. The van der Waals surface area contributed by atoms with Crippen molar-refractivity contribution in [1.29, 1.82) is 0 Å². The van der Waals surface area contributed by atoms with E-state index in [1.807, 2.05) is 0 Å². The summed E-state index contributed by atoms with van der Waals surface area (Å²) in [5, 5.41) is 24.3. The van der Waals surface area contributed by atoms with E-state index < -0.39 is 35.9 Å². The van der Waals surface area contributed by atoms with Gasteiger partial charge in [-0.25, -0.2) is 9.18 Å². The van der Waals surface area contributed by atoms with Gasteiger partial charge in [0.25, 0.3) is 5.13 Å². The summed E-state index contributed by atoms with van der Waals surface area (Å²) in [7, 11) is 0. The number of rotatable bonds is 3. The standard InChI is InChI=1S/C9H11ClFN3O5/c10-9(11)6(16)4(3-15)19-7(9)14-2-1-5(13-18)12-8(14)17/h1-2,4,6-7,15-16,18H,3H2,(H,12,13,17)/t4-,6-,7-,9+/m1/s1. The van der Waals surface area contributed by atoms with E-state index in [1.165, 1.54) is 6.07 Å². The molecular weight excluding hydrogens is 285 g/mol. The Morgan fingerprint density at radius 1 is 1.68 bits per heavy atom. The number of nitrogens with one attached hydrogen (secondary N) is 1. The molecular formula is C9H11ClFN3O5. The second-order valence-corrected chi connectivity index (χ2v) is 4.52. The summed E-state index contributed by atoms with van der Waals surface area (Å²) >= 11 is 5.53. The molecule has 1 saturated heterocycles. The number of halogens is 2. The van der Waals surface area contributed by atoms with E-state index in [9.17, 15) is 14.3 Å². The second kappa shape index (κ2) is 5.02. The topological polar surface area (TPSA) is 117 Å². The van der Waals surface area contributed by atoms with Gasteiger partial charge in [0.2, 0.25) is 0 Å². The summed E-state index contributed by atoms with van der Waals surface area (Å²) < 4.78 is 19.9. The highest BCUT2D eigenvalue weighted by Crippen LogP contribution is 2.43. The highest BCUT2D eigenvalue weighted by molar-refractivity contribution is 6.23. The molecule has 0 spiro atoms. The van der Waals surface area contributed by atoms with E-state index in [0.717, 1.165) is 6.20 Å². The Kier molecular flexibility index (Phi) is 3.74. The Bertz CT molecular complexity index is 525. The summed E-state index contributed by atoms with van der Waals surface area (Å²) in [5.74, 6) is -0.141. The zero-order valence-electron chi connectivity index (χ0n) is 9.40.